The predicted molar refractivity (Wildman–Crippen MR) is 99.8 cm³/mol. The minimum Gasteiger partial charge on any atom is -0.378 e. The van der Waals surface area contributed by atoms with Crippen molar-refractivity contribution in [2.75, 3.05) is 31.0 Å². The zero-order valence-electron chi connectivity index (χ0n) is 14.3. The van der Waals surface area contributed by atoms with Gasteiger partial charge in [0, 0.05) is 18.8 Å². The summed E-state index contributed by atoms with van der Waals surface area (Å²) in [5.74, 6) is -0.683. The molecule has 9 heteroatoms. The number of hydrogen-bond acceptors (Lipinski definition) is 4. The molecular weight excluding hydrogens is 395 g/mol. The van der Waals surface area contributed by atoms with Crippen LogP contribution in [0.1, 0.15) is 5.56 Å². The summed E-state index contributed by atoms with van der Waals surface area (Å²) in [6.07, 6.45) is 0.237. The van der Waals surface area contributed by atoms with E-state index in [0.717, 1.165) is 23.8 Å². The number of rotatable bonds is 5. The number of carbonyl (C=O) groups is 1. The number of amides is 1. The number of benzene rings is 2. The van der Waals surface area contributed by atoms with Crippen LogP contribution in [0.25, 0.3) is 0 Å². The van der Waals surface area contributed by atoms with Crippen LogP contribution in [-0.2, 0) is 26.0 Å². The second kappa shape index (κ2) is 8.24. The lowest BCUT2D eigenvalue weighted by Crippen LogP contribution is -2.41. The second-order valence-corrected chi connectivity index (χ2v) is 8.14. The first-order valence-corrected chi connectivity index (χ1v) is 10.1. The fourth-order valence-corrected chi connectivity index (χ4v) is 3.98. The van der Waals surface area contributed by atoms with Crippen molar-refractivity contribution in [2.24, 2.45) is 0 Å². The lowest BCUT2D eigenvalue weighted by Gasteiger charge is -2.26. The Morgan fingerprint density at radius 3 is 2.44 bits per heavy atom. The van der Waals surface area contributed by atoms with Crippen LogP contribution in [0, 0.1) is 5.82 Å². The second-order valence-electron chi connectivity index (χ2n) is 6.05. The number of halogens is 2. The van der Waals surface area contributed by atoms with Gasteiger partial charge in [-0.25, -0.2) is 12.8 Å². The molecule has 0 saturated carbocycles. The monoisotopic (exact) mass is 412 g/mol. The van der Waals surface area contributed by atoms with Gasteiger partial charge in [-0.2, -0.15) is 0 Å². The van der Waals surface area contributed by atoms with Crippen LogP contribution < -0.4 is 4.72 Å². The third-order valence-corrected chi connectivity index (χ3v) is 5.80. The first kappa shape index (κ1) is 19.6. The number of ether oxygens (including phenoxy) is 1. The van der Waals surface area contributed by atoms with Gasteiger partial charge in [0.05, 0.1) is 29.6 Å². The van der Waals surface area contributed by atoms with Gasteiger partial charge < -0.3 is 9.64 Å². The number of carbonyl (C=O) groups excluding carboxylic acids is 1. The molecule has 6 nitrogen and oxygen atoms in total. The molecule has 0 atom stereocenters. The lowest BCUT2D eigenvalue weighted by atomic mass is 10.1. The molecule has 1 fully saturated rings. The average molecular weight is 413 g/mol. The molecule has 3 rings (SSSR count). The Hall–Kier alpha value is -2.16. The van der Waals surface area contributed by atoms with E-state index < -0.39 is 15.8 Å². The van der Waals surface area contributed by atoms with Gasteiger partial charge in [-0.15, -0.1) is 0 Å². The van der Waals surface area contributed by atoms with Gasteiger partial charge in [0.1, 0.15) is 5.82 Å². The summed E-state index contributed by atoms with van der Waals surface area (Å²) in [6.45, 7) is 2.24. The Morgan fingerprint density at radius 1 is 1.15 bits per heavy atom. The Labute approximate surface area is 161 Å². The molecule has 0 aromatic heterocycles. The molecule has 0 aliphatic carbocycles. The van der Waals surface area contributed by atoms with E-state index in [4.69, 9.17) is 16.3 Å². The van der Waals surface area contributed by atoms with E-state index in [9.17, 15) is 17.6 Å². The fraction of sp³-hybridized carbons (Fsp3) is 0.278. The molecule has 1 amide bonds. The highest BCUT2D eigenvalue weighted by Gasteiger charge is 2.18. The van der Waals surface area contributed by atoms with Crippen molar-refractivity contribution in [1.82, 2.24) is 4.90 Å². The van der Waals surface area contributed by atoms with Crippen LogP contribution in [0.3, 0.4) is 0 Å². The number of sulfonamides is 1. The van der Waals surface area contributed by atoms with Gasteiger partial charge in [-0.05, 0) is 35.9 Å². The maximum Gasteiger partial charge on any atom is 0.261 e. The molecule has 0 radical (unpaired) electrons. The molecule has 1 N–H and O–H groups in total. The average Bonchev–Trinajstić information content (AvgIpc) is 2.66. The first-order chi connectivity index (χ1) is 12.8. The van der Waals surface area contributed by atoms with E-state index in [1.807, 2.05) is 0 Å². The van der Waals surface area contributed by atoms with Gasteiger partial charge in [0.25, 0.3) is 10.0 Å². The number of nitrogens with one attached hydrogen (secondary N) is 1. The molecule has 1 heterocycles. The van der Waals surface area contributed by atoms with E-state index in [-0.39, 0.29) is 22.2 Å². The molecule has 27 heavy (non-hydrogen) atoms. The molecular formula is C18H18ClFN2O4S. The lowest BCUT2D eigenvalue weighted by molar-refractivity contribution is -0.134. The van der Waals surface area contributed by atoms with Crippen LogP contribution in [0.2, 0.25) is 5.02 Å². The molecule has 1 aliphatic rings. The van der Waals surface area contributed by atoms with Crippen molar-refractivity contribution in [2.45, 2.75) is 11.3 Å². The minimum absolute atomic E-state index is 0.00702. The summed E-state index contributed by atoms with van der Waals surface area (Å²) in [6, 6.07) is 9.71. The summed E-state index contributed by atoms with van der Waals surface area (Å²) in [4.78, 5) is 13.9. The van der Waals surface area contributed by atoms with E-state index in [1.165, 1.54) is 0 Å². The topological polar surface area (TPSA) is 75.7 Å². The highest BCUT2D eigenvalue weighted by molar-refractivity contribution is 7.92. The maximum atomic E-state index is 13.2. The van der Waals surface area contributed by atoms with E-state index >= 15 is 0 Å². The van der Waals surface area contributed by atoms with Gasteiger partial charge in [0.15, 0.2) is 0 Å². The molecule has 1 saturated heterocycles. The molecule has 2 aromatic rings. The molecule has 0 spiro atoms. The van der Waals surface area contributed by atoms with Gasteiger partial charge in [-0.3, -0.25) is 9.52 Å². The Morgan fingerprint density at radius 2 is 1.81 bits per heavy atom. The van der Waals surface area contributed by atoms with Crippen LogP contribution in [0.15, 0.2) is 47.4 Å². The summed E-state index contributed by atoms with van der Waals surface area (Å²) < 4.78 is 45.6. The number of anilines is 1. The summed E-state index contributed by atoms with van der Waals surface area (Å²) in [5.41, 5.74) is 1.11. The molecule has 0 unspecified atom stereocenters. The third-order valence-electron chi connectivity index (χ3n) is 4.13. The standard InChI is InChI=1S/C18H18ClFN2O4S/c19-16-12-15(5-6-17(16)20)27(24,25)21-14-3-1-13(2-4-14)11-18(23)22-7-9-26-10-8-22/h1-6,12,21H,7-11H2. The van der Waals surface area contributed by atoms with Crippen LogP contribution in [0.4, 0.5) is 10.1 Å². The third kappa shape index (κ3) is 4.97. The predicted octanol–water partition coefficient (Wildman–Crippen LogP) is 2.68. The summed E-state index contributed by atoms with van der Waals surface area (Å²) >= 11 is 5.65. The van der Waals surface area contributed by atoms with Crippen molar-refractivity contribution < 1.29 is 22.3 Å². The van der Waals surface area contributed by atoms with Crippen LogP contribution in [-0.4, -0.2) is 45.5 Å². The smallest absolute Gasteiger partial charge is 0.261 e. The molecule has 0 bridgehead atoms. The van der Waals surface area contributed by atoms with E-state index in [0.29, 0.717) is 32.0 Å². The van der Waals surface area contributed by atoms with Gasteiger partial charge in [-0.1, -0.05) is 23.7 Å². The number of nitrogens with zero attached hydrogens (tertiary/aromatic N) is 1. The van der Waals surface area contributed by atoms with Gasteiger partial charge >= 0.3 is 0 Å². The Balaban J connectivity index is 1.66. The number of morpholine rings is 1. The highest BCUT2D eigenvalue weighted by Crippen LogP contribution is 2.22. The largest absolute Gasteiger partial charge is 0.378 e. The Kier molecular flexibility index (Phi) is 5.98. The summed E-state index contributed by atoms with van der Waals surface area (Å²) in [7, 11) is -3.90. The first-order valence-electron chi connectivity index (χ1n) is 8.27. The van der Waals surface area contributed by atoms with Crippen molar-refractivity contribution in [3.8, 4) is 0 Å². The summed E-state index contributed by atoms with van der Waals surface area (Å²) in [5, 5.41) is -0.269. The normalized spacial score (nSPS) is 14.8. The van der Waals surface area contributed by atoms with Crippen molar-refractivity contribution in [1.29, 1.82) is 0 Å². The van der Waals surface area contributed by atoms with E-state index in [1.54, 1.807) is 29.2 Å². The highest BCUT2D eigenvalue weighted by atomic mass is 35.5. The number of hydrogen-bond donors (Lipinski definition) is 1. The fourth-order valence-electron chi connectivity index (χ4n) is 2.65. The van der Waals surface area contributed by atoms with Crippen LogP contribution in [0.5, 0.6) is 0 Å². The zero-order valence-corrected chi connectivity index (χ0v) is 15.9. The molecule has 144 valence electrons. The minimum atomic E-state index is -3.90. The van der Waals surface area contributed by atoms with Crippen LogP contribution >= 0.6 is 11.6 Å². The molecule has 2 aromatic carbocycles. The SMILES string of the molecule is O=C(Cc1ccc(NS(=O)(=O)c2ccc(F)c(Cl)c2)cc1)N1CCOCC1. The zero-order chi connectivity index (χ0) is 19.4. The van der Waals surface area contributed by atoms with Crippen molar-refractivity contribution in [3.63, 3.8) is 0 Å². The van der Waals surface area contributed by atoms with Gasteiger partial charge in [0.2, 0.25) is 5.91 Å². The quantitative estimate of drug-likeness (QED) is 0.819. The maximum absolute atomic E-state index is 13.2. The van der Waals surface area contributed by atoms with Crippen molar-refractivity contribution in [3.05, 3.63) is 58.9 Å². The molecule has 1 aliphatic heterocycles. The Bertz CT molecular complexity index is 929. The van der Waals surface area contributed by atoms with E-state index in [2.05, 4.69) is 4.72 Å². The van der Waals surface area contributed by atoms with Crippen molar-refractivity contribution >= 4 is 33.2 Å².